The predicted octanol–water partition coefficient (Wildman–Crippen LogP) is 1.01. The molecule has 2 unspecified atom stereocenters. The molecule has 2 N–H and O–H groups in total. The lowest BCUT2D eigenvalue weighted by atomic mass is 9.92. The van der Waals surface area contributed by atoms with E-state index < -0.39 is 0 Å². The molecule has 60 valence electrons. The van der Waals surface area contributed by atoms with Crippen LogP contribution in [0.25, 0.3) is 0 Å². The number of ether oxygens (including phenoxy) is 1. The molecule has 0 amide bonds. The molecule has 0 radical (unpaired) electrons. The highest BCUT2D eigenvalue weighted by Crippen LogP contribution is 2.50. The van der Waals surface area contributed by atoms with Crippen molar-refractivity contribution in [3.05, 3.63) is 0 Å². The molecule has 1 aliphatic carbocycles. The molecule has 0 aromatic carbocycles. The van der Waals surface area contributed by atoms with Crippen LogP contribution in [0.15, 0.2) is 0 Å². The van der Waals surface area contributed by atoms with Gasteiger partial charge in [-0.1, -0.05) is 13.8 Å². The van der Waals surface area contributed by atoms with E-state index in [1.807, 2.05) is 0 Å². The van der Waals surface area contributed by atoms with Gasteiger partial charge in [0.25, 0.3) is 0 Å². The molecule has 10 heavy (non-hydrogen) atoms. The maximum Gasteiger partial charge on any atom is 0.0536 e. The van der Waals surface area contributed by atoms with Gasteiger partial charge in [-0.25, -0.2) is 0 Å². The van der Waals surface area contributed by atoms with Gasteiger partial charge in [-0.05, 0) is 12.3 Å². The smallest absolute Gasteiger partial charge is 0.0536 e. The van der Waals surface area contributed by atoms with Gasteiger partial charge in [-0.2, -0.15) is 0 Å². The van der Waals surface area contributed by atoms with Gasteiger partial charge in [-0.3, -0.25) is 0 Å². The highest BCUT2D eigenvalue weighted by atomic mass is 16.5. The van der Waals surface area contributed by atoms with Crippen molar-refractivity contribution >= 4 is 0 Å². The summed E-state index contributed by atoms with van der Waals surface area (Å²) in [6, 6.07) is 0.382. The van der Waals surface area contributed by atoms with Crippen LogP contribution in [-0.4, -0.2) is 19.8 Å². The summed E-state index contributed by atoms with van der Waals surface area (Å²) in [6.07, 6.45) is 1.14. The Morgan fingerprint density at radius 2 is 2.20 bits per heavy atom. The van der Waals surface area contributed by atoms with E-state index in [0.717, 1.165) is 13.0 Å². The summed E-state index contributed by atoms with van der Waals surface area (Å²) in [7, 11) is 1.75. The Labute approximate surface area is 62.7 Å². The minimum atomic E-state index is 0.314. The molecule has 0 saturated heterocycles. The van der Waals surface area contributed by atoms with Crippen molar-refractivity contribution in [2.75, 3.05) is 13.7 Å². The van der Waals surface area contributed by atoms with Crippen LogP contribution in [0.4, 0.5) is 0 Å². The van der Waals surface area contributed by atoms with E-state index in [0.29, 0.717) is 17.4 Å². The summed E-state index contributed by atoms with van der Waals surface area (Å²) >= 11 is 0. The molecule has 0 bridgehead atoms. The number of hydrogen-bond donors (Lipinski definition) is 1. The first-order valence-corrected chi connectivity index (χ1v) is 3.88. The van der Waals surface area contributed by atoms with E-state index in [9.17, 15) is 0 Å². The van der Waals surface area contributed by atoms with E-state index in [-0.39, 0.29) is 0 Å². The van der Waals surface area contributed by atoms with Crippen LogP contribution in [0.2, 0.25) is 0 Å². The van der Waals surface area contributed by atoms with Crippen LogP contribution < -0.4 is 5.73 Å². The quantitative estimate of drug-likeness (QED) is 0.640. The van der Waals surface area contributed by atoms with Crippen LogP contribution in [0.3, 0.4) is 0 Å². The number of rotatable bonds is 3. The van der Waals surface area contributed by atoms with Crippen LogP contribution in [-0.2, 0) is 4.74 Å². The average Bonchev–Trinajstić information content (AvgIpc) is 2.44. The molecule has 0 aliphatic heterocycles. The van der Waals surface area contributed by atoms with Crippen molar-refractivity contribution < 1.29 is 4.74 Å². The van der Waals surface area contributed by atoms with Crippen molar-refractivity contribution in [3.8, 4) is 0 Å². The molecular weight excluding hydrogens is 126 g/mol. The first-order chi connectivity index (χ1) is 4.63. The van der Waals surface area contributed by atoms with Crippen LogP contribution in [0.5, 0.6) is 0 Å². The Morgan fingerprint density at radius 3 is 2.30 bits per heavy atom. The van der Waals surface area contributed by atoms with Gasteiger partial charge in [0.15, 0.2) is 0 Å². The van der Waals surface area contributed by atoms with Crippen molar-refractivity contribution in [2.45, 2.75) is 26.3 Å². The zero-order chi connectivity index (χ0) is 7.78. The third kappa shape index (κ3) is 1.06. The van der Waals surface area contributed by atoms with E-state index in [1.165, 1.54) is 0 Å². The van der Waals surface area contributed by atoms with Gasteiger partial charge in [0, 0.05) is 18.6 Å². The van der Waals surface area contributed by atoms with Gasteiger partial charge in [-0.15, -0.1) is 0 Å². The largest absolute Gasteiger partial charge is 0.384 e. The lowest BCUT2D eigenvalue weighted by molar-refractivity contribution is 0.111. The molecule has 1 rings (SSSR count). The second kappa shape index (κ2) is 2.51. The number of nitrogens with two attached hydrogens (primary N) is 1. The third-order valence-corrected chi connectivity index (χ3v) is 2.74. The standard InChI is InChI=1S/C8H17NO/c1-6(2)8(5-10-3)4-7(8)9/h6-7H,4-5,9H2,1-3H3. The molecule has 2 atom stereocenters. The Kier molecular flexibility index (Phi) is 2.02. The molecule has 0 spiro atoms. The average molecular weight is 143 g/mol. The first kappa shape index (κ1) is 8.02. The highest BCUT2D eigenvalue weighted by Gasteiger charge is 2.53. The molecule has 2 nitrogen and oxygen atoms in total. The van der Waals surface area contributed by atoms with Crippen LogP contribution in [0.1, 0.15) is 20.3 Å². The third-order valence-electron chi connectivity index (χ3n) is 2.74. The lowest BCUT2D eigenvalue weighted by Crippen LogP contribution is -2.24. The van der Waals surface area contributed by atoms with Crippen LogP contribution >= 0.6 is 0 Å². The van der Waals surface area contributed by atoms with E-state index in [2.05, 4.69) is 13.8 Å². The zero-order valence-corrected chi connectivity index (χ0v) is 7.05. The highest BCUT2D eigenvalue weighted by molar-refractivity contribution is 5.07. The van der Waals surface area contributed by atoms with E-state index in [1.54, 1.807) is 7.11 Å². The molecule has 1 saturated carbocycles. The molecule has 0 aromatic rings. The van der Waals surface area contributed by atoms with E-state index >= 15 is 0 Å². The summed E-state index contributed by atoms with van der Waals surface area (Å²) in [6.45, 7) is 5.25. The van der Waals surface area contributed by atoms with Gasteiger partial charge in [0.2, 0.25) is 0 Å². The molecule has 1 fully saturated rings. The summed E-state index contributed by atoms with van der Waals surface area (Å²) in [5, 5.41) is 0. The fraction of sp³-hybridized carbons (Fsp3) is 1.00. The monoisotopic (exact) mass is 143 g/mol. The van der Waals surface area contributed by atoms with Gasteiger partial charge >= 0.3 is 0 Å². The van der Waals surface area contributed by atoms with Crippen LogP contribution in [0, 0.1) is 11.3 Å². The number of methoxy groups -OCH3 is 1. The predicted molar refractivity (Wildman–Crippen MR) is 41.7 cm³/mol. The van der Waals surface area contributed by atoms with Gasteiger partial charge in [0.05, 0.1) is 6.61 Å². The van der Waals surface area contributed by atoms with Crippen molar-refractivity contribution in [3.63, 3.8) is 0 Å². The Morgan fingerprint density at radius 1 is 1.70 bits per heavy atom. The summed E-state index contributed by atoms with van der Waals surface area (Å²) in [5.41, 5.74) is 6.12. The topological polar surface area (TPSA) is 35.2 Å². The van der Waals surface area contributed by atoms with Gasteiger partial charge in [0.1, 0.15) is 0 Å². The normalized spacial score (nSPS) is 38.7. The molecule has 0 aromatic heterocycles. The first-order valence-electron chi connectivity index (χ1n) is 3.88. The molecule has 1 aliphatic rings. The Bertz CT molecular complexity index is 124. The zero-order valence-electron chi connectivity index (χ0n) is 7.05. The molecule has 0 heterocycles. The van der Waals surface area contributed by atoms with Crippen molar-refractivity contribution in [1.29, 1.82) is 0 Å². The Hall–Kier alpha value is -0.0800. The molecule has 2 heteroatoms. The maximum absolute atomic E-state index is 5.81. The minimum absolute atomic E-state index is 0.314. The maximum atomic E-state index is 5.81. The second-order valence-electron chi connectivity index (χ2n) is 3.63. The summed E-state index contributed by atoms with van der Waals surface area (Å²) < 4.78 is 5.12. The fourth-order valence-electron chi connectivity index (χ4n) is 1.62. The Balaban J connectivity index is 2.46. The SMILES string of the molecule is COCC1(C(C)C)CC1N. The van der Waals surface area contributed by atoms with E-state index in [4.69, 9.17) is 10.5 Å². The van der Waals surface area contributed by atoms with Crippen molar-refractivity contribution in [1.82, 2.24) is 0 Å². The lowest BCUT2D eigenvalue weighted by Gasteiger charge is -2.19. The summed E-state index contributed by atoms with van der Waals surface area (Å²) in [5.74, 6) is 0.655. The molecular formula is C8H17NO. The fourth-order valence-corrected chi connectivity index (χ4v) is 1.62. The van der Waals surface area contributed by atoms with Gasteiger partial charge < -0.3 is 10.5 Å². The summed E-state index contributed by atoms with van der Waals surface area (Å²) in [4.78, 5) is 0. The minimum Gasteiger partial charge on any atom is -0.384 e. The number of hydrogen-bond acceptors (Lipinski definition) is 2. The van der Waals surface area contributed by atoms with Crippen molar-refractivity contribution in [2.24, 2.45) is 17.1 Å². The second-order valence-corrected chi connectivity index (χ2v) is 3.63.